The van der Waals surface area contributed by atoms with Crippen LogP contribution in [-0.2, 0) is 10.0 Å². The van der Waals surface area contributed by atoms with Crippen LogP contribution in [0.5, 0.6) is 0 Å². The molecule has 0 bridgehead atoms. The van der Waals surface area contributed by atoms with Gasteiger partial charge in [0.25, 0.3) is 15.9 Å². The highest BCUT2D eigenvalue weighted by atomic mass is 32.2. The molecule has 2 aromatic rings. The molecule has 0 saturated heterocycles. The van der Waals surface area contributed by atoms with Crippen molar-refractivity contribution in [2.45, 2.75) is 23.8 Å². The lowest BCUT2D eigenvalue weighted by molar-refractivity contribution is 0.0951. The van der Waals surface area contributed by atoms with Gasteiger partial charge in [-0.25, -0.2) is 17.2 Å². The Bertz CT molecular complexity index is 896. The highest BCUT2D eigenvalue weighted by molar-refractivity contribution is 7.92. The number of hydrogen-bond acceptors (Lipinski definition) is 3. The summed E-state index contributed by atoms with van der Waals surface area (Å²) in [6.45, 7) is 0. The Morgan fingerprint density at radius 1 is 1.08 bits per heavy atom. The van der Waals surface area contributed by atoms with Gasteiger partial charge in [0.2, 0.25) is 0 Å². The Kier molecular flexibility index (Phi) is 4.23. The van der Waals surface area contributed by atoms with Crippen LogP contribution in [0.2, 0.25) is 0 Å². The molecule has 0 aliphatic heterocycles. The van der Waals surface area contributed by atoms with E-state index in [1.165, 1.54) is 24.3 Å². The lowest BCUT2D eigenvalue weighted by Gasteiger charge is -2.10. The Labute approximate surface area is 137 Å². The molecule has 2 aromatic carbocycles. The van der Waals surface area contributed by atoms with Crippen LogP contribution in [0, 0.1) is 11.6 Å². The third-order valence-electron chi connectivity index (χ3n) is 3.47. The number of carbonyl (C=O) groups excluding carboxylic acids is 1. The number of benzene rings is 2. The van der Waals surface area contributed by atoms with E-state index in [4.69, 9.17) is 0 Å². The average Bonchev–Trinajstić information content (AvgIpc) is 3.33. The van der Waals surface area contributed by atoms with Gasteiger partial charge in [0.15, 0.2) is 0 Å². The van der Waals surface area contributed by atoms with Crippen molar-refractivity contribution in [3.8, 4) is 0 Å². The fraction of sp³-hybridized carbons (Fsp3) is 0.188. The second-order valence-electron chi connectivity index (χ2n) is 5.51. The topological polar surface area (TPSA) is 75.3 Å². The number of carbonyl (C=O) groups is 1. The first-order valence-electron chi connectivity index (χ1n) is 7.24. The molecule has 0 atom stereocenters. The molecular weight excluding hydrogens is 338 g/mol. The van der Waals surface area contributed by atoms with E-state index in [-0.39, 0.29) is 23.2 Å². The van der Waals surface area contributed by atoms with Gasteiger partial charge in [-0.3, -0.25) is 9.52 Å². The summed E-state index contributed by atoms with van der Waals surface area (Å²) in [5.74, 6) is -2.24. The normalized spacial score (nSPS) is 14.2. The molecule has 8 heteroatoms. The highest BCUT2D eigenvalue weighted by Crippen LogP contribution is 2.22. The Hall–Kier alpha value is -2.48. The van der Waals surface area contributed by atoms with Crippen molar-refractivity contribution in [2.75, 3.05) is 4.72 Å². The monoisotopic (exact) mass is 352 g/mol. The Balaban J connectivity index is 1.84. The molecule has 0 heterocycles. The molecule has 0 aromatic heterocycles. The zero-order chi connectivity index (χ0) is 17.3. The van der Waals surface area contributed by atoms with Gasteiger partial charge in [0, 0.05) is 17.3 Å². The summed E-state index contributed by atoms with van der Waals surface area (Å²) in [4.78, 5) is 11.2. The maximum Gasteiger partial charge on any atom is 0.264 e. The van der Waals surface area contributed by atoms with Crippen LogP contribution >= 0.6 is 0 Å². The van der Waals surface area contributed by atoms with Crippen LogP contribution in [0.3, 0.4) is 0 Å². The summed E-state index contributed by atoms with van der Waals surface area (Å²) in [6.07, 6.45) is 1.85. The van der Waals surface area contributed by atoms with Crippen molar-refractivity contribution >= 4 is 21.6 Å². The predicted molar refractivity (Wildman–Crippen MR) is 84.1 cm³/mol. The minimum absolute atomic E-state index is 0.0853. The molecule has 3 rings (SSSR count). The van der Waals surface area contributed by atoms with Crippen molar-refractivity contribution in [2.24, 2.45) is 0 Å². The maximum atomic E-state index is 13.7. The zero-order valence-corrected chi connectivity index (χ0v) is 13.2. The quantitative estimate of drug-likeness (QED) is 0.869. The van der Waals surface area contributed by atoms with Crippen molar-refractivity contribution < 1.29 is 22.0 Å². The third-order valence-corrected chi connectivity index (χ3v) is 4.87. The number of rotatable bonds is 5. The Morgan fingerprint density at radius 2 is 1.83 bits per heavy atom. The molecule has 1 amide bonds. The van der Waals surface area contributed by atoms with Gasteiger partial charge in [-0.05, 0) is 49.2 Å². The summed E-state index contributed by atoms with van der Waals surface area (Å²) in [5.41, 5.74) is 0.365. The van der Waals surface area contributed by atoms with Crippen LogP contribution in [0.25, 0.3) is 0 Å². The van der Waals surface area contributed by atoms with E-state index >= 15 is 0 Å². The van der Waals surface area contributed by atoms with E-state index in [9.17, 15) is 22.0 Å². The molecule has 126 valence electrons. The standard InChI is InChI=1S/C16H14F2N2O3S/c17-11-4-7-14(18)15(9-11)24(22,23)20-13-3-1-2-10(8-13)16(21)19-12-5-6-12/h1-4,7-9,12,20H,5-6H2,(H,19,21). The number of sulfonamides is 1. The molecule has 24 heavy (non-hydrogen) atoms. The highest BCUT2D eigenvalue weighted by Gasteiger charge is 2.24. The molecule has 0 spiro atoms. The number of halogens is 2. The largest absolute Gasteiger partial charge is 0.349 e. The van der Waals surface area contributed by atoms with Gasteiger partial charge < -0.3 is 5.32 Å². The SMILES string of the molecule is O=C(NC1CC1)c1cccc(NS(=O)(=O)c2cc(F)ccc2F)c1. The smallest absolute Gasteiger partial charge is 0.264 e. The van der Waals surface area contributed by atoms with E-state index in [2.05, 4.69) is 10.0 Å². The molecule has 0 radical (unpaired) electrons. The zero-order valence-electron chi connectivity index (χ0n) is 12.4. The van der Waals surface area contributed by atoms with Gasteiger partial charge in [-0.2, -0.15) is 0 Å². The van der Waals surface area contributed by atoms with Crippen LogP contribution in [0.4, 0.5) is 14.5 Å². The van der Waals surface area contributed by atoms with Gasteiger partial charge >= 0.3 is 0 Å². The second kappa shape index (κ2) is 6.20. The van der Waals surface area contributed by atoms with E-state index in [0.29, 0.717) is 6.07 Å². The maximum absolute atomic E-state index is 13.7. The minimum atomic E-state index is -4.32. The molecule has 1 fully saturated rings. The predicted octanol–water partition coefficient (Wildman–Crippen LogP) is 2.66. The van der Waals surface area contributed by atoms with Gasteiger partial charge in [0.1, 0.15) is 16.5 Å². The van der Waals surface area contributed by atoms with Crippen LogP contribution < -0.4 is 10.0 Å². The van der Waals surface area contributed by atoms with E-state index < -0.39 is 26.6 Å². The summed E-state index contributed by atoms with van der Waals surface area (Å²) >= 11 is 0. The van der Waals surface area contributed by atoms with Crippen LogP contribution in [-0.4, -0.2) is 20.4 Å². The fourth-order valence-electron chi connectivity index (χ4n) is 2.11. The summed E-state index contributed by atoms with van der Waals surface area (Å²) in [7, 11) is -4.32. The number of hydrogen-bond donors (Lipinski definition) is 2. The molecule has 1 saturated carbocycles. The lowest BCUT2D eigenvalue weighted by Crippen LogP contribution is -2.25. The third kappa shape index (κ3) is 3.70. The average molecular weight is 352 g/mol. The first-order valence-corrected chi connectivity index (χ1v) is 8.72. The Morgan fingerprint density at radius 3 is 2.54 bits per heavy atom. The molecule has 5 nitrogen and oxygen atoms in total. The second-order valence-corrected chi connectivity index (χ2v) is 7.16. The summed E-state index contributed by atoms with van der Waals surface area (Å²) < 4.78 is 53.5. The number of amides is 1. The minimum Gasteiger partial charge on any atom is -0.349 e. The van der Waals surface area contributed by atoms with E-state index in [1.807, 2.05) is 0 Å². The number of nitrogens with one attached hydrogen (secondary N) is 2. The molecule has 2 N–H and O–H groups in total. The van der Waals surface area contributed by atoms with E-state index in [1.54, 1.807) is 0 Å². The molecule has 1 aliphatic rings. The van der Waals surface area contributed by atoms with Crippen molar-refractivity contribution in [1.29, 1.82) is 0 Å². The van der Waals surface area contributed by atoms with Crippen molar-refractivity contribution in [1.82, 2.24) is 5.32 Å². The van der Waals surface area contributed by atoms with Gasteiger partial charge in [-0.1, -0.05) is 6.07 Å². The van der Waals surface area contributed by atoms with Crippen LogP contribution in [0.1, 0.15) is 23.2 Å². The molecular formula is C16H14F2N2O3S. The number of anilines is 1. The fourth-order valence-corrected chi connectivity index (χ4v) is 3.25. The first-order chi connectivity index (χ1) is 11.3. The van der Waals surface area contributed by atoms with Gasteiger partial charge in [0.05, 0.1) is 0 Å². The lowest BCUT2D eigenvalue weighted by atomic mass is 10.2. The molecule has 1 aliphatic carbocycles. The van der Waals surface area contributed by atoms with E-state index in [0.717, 1.165) is 25.0 Å². The summed E-state index contributed by atoms with van der Waals surface area (Å²) in [6, 6.07) is 8.14. The molecule has 0 unspecified atom stereocenters. The van der Waals surface area contributed by atoms with Crippen molar-refractivity contribution in [3.05, 3.63) is 59.7 Å². The van der Waals surface area contributed by atoms with Gasteiger partial charge in [-0.15, -0.1) is 0 Å². The van der Waals surface area contributed by atoms with Crippen LogP contribution in [0.15, 0.2) is 47.4 Å². The van der Waals surface area contributed by atoms with Crippen molar-refractivity contribution in [3.63, 3.8) is 0 Å². The summed E-state index contributed by atoms with van der Waals surface area (Å²) in [5, 5.41) is 2.78. The first kappa shape index (κ1) is 16.4.